The van der Waals surface area contributed by atoms with Gasteiger partial charge in [0.25, 0.3) is 0 Å². The van der Waals surface area contributed by atoms with Gasteiger partial charge in [0.2, 0.25) is 11.0 Å². The number of rotatable bonds is 2. The Morgan fingerprint density at radius 1 is 0.773 bits per heavy atom. The highest BCUT2D eigenvalue weighted by Gasteiger charge is 2.16. The van der Waals surface area contributed by atoms with Crippen LogP contribution in [-0.2, 0) is 0 Å². The van der Waals surface area contributed by atoms with Crippen molar-refractivity contribution in [1.82, 2.24) is 0 Å². The lowest BCUT2D eigenvalue weighted by Gasteiger charge is -2.01. The number of fused-ring (bicyclic) bond motifs is 4. The van der Waals surface area contributed by atoms with E-state index in [9.17, 15) is 4.79 Å². The van der Waals surface area contributed by atoms with Gasteiger partial charge in [0, 0.05) is 12.1 Å². The number of ether oxygens (including phenoxy) is 2. The molecule has 0 saturated carbocycles. The van der Waals surface area contributed by atoms with Gasteiger partial charge in [-0.1, -0.05) is 0 Å². The van der Waals surface area contributed by atoms with Gasteiger partial charge in [-0.15, -0.1) is 0 Å². The highest BCUT2D eigenvalue weighted by atomic mass is 16.5. The first-order valence-corrected chi connectivity index (χ1v) is 6.72. The van der Waals surface area contributed by atoms with Crippen LogP contribution in [0.5, 0.6) is 11.5 Å². The molecule has 4 aromatic rings. The summed E-state index contributed by atoms with van der Waals surface area (Å²) in [6.45, 7) is 0. The number of methoxy groups -OCH3 is 2. The molecule has 0 fully saturated rings. The van der Waals surface area contributed by atoms with Crippen LogP contribution in [0, 0.1) is 0 Å². The fraction of sp³-hybridized carbons (Fsp3) is 0.118. The number of hydrogen-bond acceptors (Lipinski definition) is 5. The van der Waals surface area contributed by atoms with Crippen molar-refractivity contribution in [2.45, 2.75) is 0 Å². The molecule has 2 aromatic carbocycles. The van der Waals surface area contributed by atoms with Crippen LogP contribution >= 0.6 is 0 Å². The Hall–Kier alpha value is -2.95. The first-order valence-electron chi connectivity index (χ1n) is 6.72. The maximum absolute atomic E-state index is 12.6. The highest BCUT2D eigenvalue weighted by molar-refractivity contribution is 6.04. The molecule has 2 heterocycles. The second-order valence-corrected chi connectivity index (χ2v) is 4.92. The first kappa shape index (κ1) is 12.8. The van der Waals surface area contributed by atoms with Gasteiger partial charge in [-0.2, -0.15) is 0 Å². The molecule has 0 unspecified atom stereocenters. The van der Waals surface area contributed by atoms with E-state index in [1.807, 2.05) is 6.07 Å². The summed E-state index contributed by atoms with van der Waals surface area (Å²) in [6.07, 6.45) is 0. The molecular formula is C17H12O5. The highest BCUT2D eigenvalue weighted by Crippen LogP contribution is 2.32. The van der Waals surface area contributed by atoms with Crippen molar-refractivity contribution < 1.29 is 18.3 Å². The molecule has 0 aliphatic rings. The van der Waals surface area contributed by atoms with E-state index in [1.165, 1.54) is 0 Å². The van der Waals surface area contributed by atoms with E-state index in [0.717, 1.165) is 5.39 Å². The lowest BCUT2D eigenvalue weighted by molar-refractivity contribution is 0.414. The lowest BCUT2D eigenvalue weighted by atomic mass is 10.2. The predicted molar refractivity (Wildman–Crippen MR) is 82.9 cm³/mol. The van der Waals surface area contributed by atoms with Gasteiger partial charge >= 0.3 is 0 Å². The molecule has 4 rings (SSSR count). The molecule has 0 aliphatic heterocycles. The van der Waals surface area contributed by atoms with Gasteiger partial charge in [-0.05, 0) is 24.3 Å². The molecule has 2 aromatic heterocycles. The Morgan fingerprint density at radius 2 is 1.32 bits per heavy atom. The van der Waals surface area contributed by atoms with Crippen molar-refractivity contribution in [2.75, 3.05) is 14.2 Å². The molecule has 0 radical (unpaired) electrons. The molecule has 0 atom stereocenters. The Labute approximate surface area is 124 Å². The summed E-state index contributed by atoms with van der Waals surface area (Å²) >= 11 is 0. The van der Waals surface area contributed by atoms with Crippen LogP contribution in [0.1, 0.15) is 0 Å². The van der Waals surface area contributed by atoms with Crippen LogP contribution in [-0.4, -0.2) is 14.2 Å². The summed E-state index contributed by atoms with van der Waals surface area (Å²) in [4.78, 5) is 12.6. The summed E-state index contributed by atoms with van der Waals surface area (Å²) in [6, 6.07) is 10.4. The third kappa shape index (κ3) is 1.69. The van der Waals surface area contributed by atoms with E-state index < -0.39 is 0 Å². The van der Waals surface area contributed by atoms with Gasteiger partial charge < -0.3 is 18.3 Å². The lowest BCUT2D eigenvalue weighted by Crippen LogP contribution is -2.00. The Kier molecular flexibility index (Phi) is 2.63. The summed E-state index contributed by atoms with van der Waals surface area (Å²) in [5, 5.41) is 1.19. The Morgan fingerprint density at radius 3 is 1.95 bits per heavy atom. The largest absolute Gasteiger partial charge is 0.497 e. The van der Waals surface area contributed by atoms with E-state index in [4.69, 9.17) is 18.3 Å². The topological polar surface area (TPSA) is 61.8 Å². The SMILES string of the molecule is COc1ccc2c(=O)c3oc4cc(OC)ccc4c3oc2c1. The molecule has 0 N–H and O–H groups in total. The maximum Gasteiger partial charge on any atom is 0.235 e. The maximum atomic E-state index is 12.6. The first-order chi connectivity index (χ1) is 10.7. The smallest absolute Gasteiger partial charge is 0.235 e. The van der Waals surface area contributed by atoms with Crippen molar-refractivity contribution in [3.8, 4) is 11.5 Å². The fourth-order valence-corrected chi connectivity index (χ4v) is 2.57. The van der Waals surface area contributed by atoms with Gasteiger partial charge in [0.05, 0.1) is 25.0 Å². The average Bonchev–Trinajstić information content (AvgIpc) is 2.92. The minimum Gasteiger partial charge on any atom is -0.497 e. The molecular weight excluding hydrogens is 284 g/mol. The van der Waals surface area contributed by atoms with Crippen LogP contribution in [0.3, 0.4) is 0 Å². The molecule has 22 heavy (non-hydrogen) atoms. The second-order valence-electron chi connectivity index (χ2n) is 4.92. The van der Waals surface area contributed by atoms with Gasteiger partial charge in [-0.3, -0.25) is 4.79 Å². The number of benzene rings is 2. The summed E-state index contributed by atoms with van der Waals surface area (Å²) in [5.74, 6) is 1.29. The van der Waals surface area contributed by atoms with Crippen molar-refractivity contribution in [3.05, 3.63) is 46.6 Å². The third-order valence-electron chi connectivity index (χ3n) is 3.70. The third-order valence-corrected chi connectivity index (χ3v) is 3.70. The van der Waals surface area contributed by atoms with Crippen LogP contribution < -0.4 is 14.9 Å². The van der Waals surface area contributed by atoms with Crippen LogP contribution in [0.2, 0.25) is 0 Å². The molecule has 0 aliphatic carbocycles. The number of furan rings is 1. The van der Waals surface area contributed by atoms with Crippen molar-refractivity contribution in [2.24, 2.45) is 0 Å². The van der Waals surface area contributed by atoms with E-state index in [1.54, 1.807) is 44.6 Å². The van der Waals surface area contributed by atoms with E-state index in [2.05, 4.69) is 0 Å². The molecule has 0 bridgehead atoms. The normalized spacial score (nSPS) is 11.4. The van der Waals surface area contributed by atoms with Gasteiger partial charge in [0.15, 0.2) is 5.58 Å². The molecule has 110 valence electrons. The van der Waals surface area contributed by atoms with Crippen LogP contribution in [0.25, 0.3) is 33.1 Å². The zero-order chi connectivity index (χ0) is 15.3. The van der Waals surface area contributed by atoms with Gasteiger partial charge in [0.1, 0.15) is 22.7 Å². The van der Waals surface area contributed by atoms with Crippen molar-refractivity contribution in [3.63, 3.8) is 0 Å². The Bertz CT molecular complexity index is 1070. The molecule has 0 saturated heterocycles. The average molecular weight is 296 g/mol. The number of hydrogen-bond donors (Lipinski definition) is 0. The van der Waals surface area contributed by atoms with E-state index in [-0.39, 0.29) is 11.0 Å². The Balaban J connectivity index is 2.16. The quantitative estimate of drug-likeness (QED) is 0.564. The van der Waals surface area contributed by atoms with E-state index in [0.29, 0.717) is 33.6 Å². The zero-order valence-corrected chi connectivity index (χ0v) is 12.0. The summed E-state index contributed by atoms with van der Waals surface area (Å²) in [7, 11) is 3.14. The van der Waals surface area contributed by atoms with Gasteiger partial charge in [-0.25, -0.2) is 0 Å². The van der Waals surface area contributed by atoms with Crippen LogP contribution in [0.15, 0.2) is 50.0 Å². The minimum atomic E-state index is -0.200. The minimum absolute atomic E-state index is 0.200. The standard InChI is InChI=1S/C17H12O5/c1-19-9-3-5-11-13(7-9)21-16-12-6-4-10(20-2)8-14(12)22-17(16)15(11)18/h3-8H,1-2H3. The van der Waals surface area contributed by atoms with Crippen molar-refractivity contribution in [1.29, 1.82) is 0 Å². The molecule has 5 heteroatoms. The summed E-state index contributed by atoms with van der Waals surface area (Å²) in [5.41, 5.74) is 1.46. The van der Waals surface area contributed by atoms with E-state index >= 15 is 0 Å². The van der Waals surface area contributed by atoms with Crippen LogP contribution in [0.4, 0.5) is 0 Å². The zero-order valence-electron chi connectivity index (χ0n) is 12.0. The molecule has 5 nitrogen and oxygen atoms in total. The summed E-state index contributed by atoms with van der Waals surface area (Å²) < 4.78 is 21.9. The van der Waals surface area contributed by atoms with Crippen molar-refractivity contribution >= 4 is 33.1 Å². The predicted octanol–water partition coefficient (Wildman–Crippen LogP) is 3.71. The second kappa shape index (κ2) is 4.53. The fourth-order valence-electron chi connectivity index (χ4n) is 2.57. The molecule has 0 amide bonds. The monoisotopic (exact) mass is 296 g/mol. The molecule has 0 spiro atoms.